The second-order valence-electron chi connectivity index (χ2n) is 5.54. The third kappa shape index (κ3) is 3.87. The Bertz CT molecular complexity index is 486. The van der Waals surface area contributed by atoms with Crippen LogP contribution in [0.5, 0.6) is 0 Å². The molecule has 1 heterocycles. The first kappa shape index (κ1) is 14.7. The molecule has 0 bridgehead atoms. The molecule has 0 spiro atoms. The topological polar surface area (TPSA) is 76.4 Å². The van der Waals surface area contributed by atoms with E-state index in [9.17, 15) is 4.79 Å². The summed E-state index contributed by atoms with van der Waals surface area (Å²) in [4.78, 5) is 11.3. The van der Waals surface area contributed by atoms with Crippen molar-refractivity contribution in [2.75, 3.05) is 36.1 Å². The summed E-state index contributed by atoms with van der Waals surface area (Å²) in [7, 11) is 0. The van der Waals surface area contributed by atoms with Crippen molar-refractivity contribution in [3.8, 4) is 0 Å². The van der Waals surface area contributed by atoms with Crippen molar-refractivity contribution in [1.29, 1.82) is 0 Å². The zero-order valence-electron chi connectivity index (χ0n) is 12.2. The van der Waals surface area contributed by atoms with Gasteiger partial charge in [0, 0.05) is 18.8 Å². The number of nitrogens with two attached hydrogens (primary N) is 1. The van der Waals surface area contributed by atoms with Gasteiger partial charge in [-0.05, 0) is 30.0 Å². The van der Waals surface area contributed by atoms with E-state index in [0.29, 0.717) is 31.2 Å². The Morgan fingerprint density at radius 1 is 1.40 bits per heavy atom. The van der Waals surface area contributed by atoms with E-state index in [-0.39, 0.29) is 5.91 Å². The van der Waals surface area contributed by atoms with Crippen molar-refractivity contribution < 1.29 is 9.53 Å². The van der Waals surface area contributed by atoms with Crippen molar-refractivity contribution in [1.82, 2.24) is 0 Å². The molecule has 5 nitrogen and oxygen atoms in total. The third-order valence-corrected chi connectivity index (χ3v) is 3.30. The molecule has 20 heavy (non-hydrogen) atoms. The highest BCUT2D eigenvalue weighted by atomic mass is 16.5. The van der Waals surface area contributed by atoms with Gasteiger partial charge in [-0.15, -0.1) is 0 Å². The number of fused-ring (bicyclic) bond motifs is 1. The molecule has 0 aliphatic carbocycles. The highest BCUT2D eigenvalue weighted by molar-refractivity contribution is 6.00. The summed E-state index contributed by atoms with van der Waals surface area (Å²) in [6, 6.07) is 3.75. The van der Waals surface area contributed by atoms with Crippen LogP contribution >= 0.6 is 0 Å². The third-order valence-electron chi connectivity index (χ3n) is 3.30. The number of hydrogen-bond donors (Lipinski definition) is 3. The molecule has 1 aliphatic heterocycles. The number of carbonyl (C=O) groups excluding carboxylic acids is 1. The van der Waals surface area contributed by atoms with Crippen LogP contribution in [0.4, 0.5) is 17.1 Å². The predicted molar refractivity (Wildman–Crippen MR) is 82.0 cm³/mol. The van der Waals surface area contributed by atoms with Gasteiger partial charge in [-0.25, -0.2) is 0 Å². The summed E-state index contributed by atoms with van der Waals surface area (Å²) in [6.45, 7) is 6.50. The molecule has 1 aromatic rings. The molecular formula is C15H23N3O2. The zero-order chi connectivity index (χ0) is 14.5. The lowest BCUT2D eigenvalue weighted by Gasteiger charge is -2.12. The minimum absolute atomic E-state index is 0.0218. The van der Waals surface area contributed by atoms with Crippen LogP contribution < -0.4 is 16.4 Å². The first-order valence-electron chi connectivity index (χ1n) is 7.10. The fourth-order valence-electron chi connectivity index (χ4n) is 2.13. The monoisotopic (exact) mass is 277 g/mol. The maximum Gasteiger partial charge on any atom is 0.228 e. The van der Waals surface area contributed by atoms with Gasteiger partial charge in [-0.1, -0.05) is 13.8 Å². The van der Waals surface area contributed by atoms with Crippen LogP contribution in [0.1, 0.15) is 25.8 Å². The van der Waals surface area contributed by atoms with E-state index in [1.165, 1.54) is 0 Å². The summed E-state index contributed by atoms with van der Waals surface area (Å²) >= 11 is 0. The summed E-state index contributed by atoms with van der Waals surface area (Å²) < 4.78 is 5.54. The van der Waals surface area contributed by atoms with E-state index in [1.807, 2.05) is 12.1 Å². The van der Waals surface area contributed by atoms with E-state index in [1.54, 1.807) is 0 Å². The number of benzene rings is 1. The summed E-state index contributed by atoms with van der Waals surface area (Å²) in [5, 5.41) is 6.07. The molecular weight excluding hydrogens is 254 g/mol. The number of ether oxygens (including phenoxy) is 1. The number of rotatable bonds is 7. The summed E-state index contributed by atoms with van der Waals surface area (Å²) in [6.07, 6.45) is 1.49. The van der Waals surface area contributed by atoms with Gasteiger partial charge in [0.15, 0.2) is 0 Å². The van der Waals surface area contributed by atoms with Crippen LogP contribution in [0, 0.1) is 5.92 Å². The van der Waals surface area contributed by atoms with Crippen molar-refractivity contribution in [2.24, 2.45) is 5.92 Å². The fourth-order valence-corrected chi connectivity index (χ4v) is 2.13. The molecule has 0 unspecified atom stereocenters. The molecule has 110 valence electrons. The van der Waals surface area contributed by atoms with Gasteiger partial charge in [-0.2, -0.15) is 0 Å². The molecule has 5 heteroatoms. The van der Waals surface area contributed by atoms with Crippen LogP contribution in [-0.4, -0.2) is 25.7 Å². The van der Waals surface area contributed by atoms with E-state index >= 15 is 0 Å². The van der Waals surface area contributed by atoms with Crippen LogP contribution in [0.25, 0.3) is 0 Å². The van der Waals surface area contributed by atoms with E-state index in [0.717, 1.165) is 30.0 Å². The van der Waals surface area contributed by atoms with Crippen molar-refractivity contribution in [3.05, 3.63) is 17.7 Å². The van der Waals surface area contributed by atoms with Gasteiger partial charge in [-0.3, -0.25) is 4.79 Å². The van der Waals surface area contributed by atoms with Gasteiger partial charge in [0.05, 0.1) is 24.4 Å². The van der Waals surface area contributed by atoms with E-state index in [4.69, 9.17) is 10.5 Å². The zero-order valence-corrected chi connectivity index (χ0v) is 12.2. The Hall–Kier alpha value is -1.75. The van der Waals surface area contributed by atoms with Crippen molar-refractivity contribution in [3.63, 3.8) is 0 Å². The van der Waals surface area contributed by atoms with Gasteiger partial charge in [0.2, 0.25) is 5.91 Å². The van der Waals surface area contributed by atoms with Crippen LogP contribution in [0.2, 0.25) is 0 Å². The Morgan fingerprint density at radius 2 is 2.20 bits per heavy atom. The number of carbonyl (C=O) groups is 1. The summed E-state index contributed by atoms with van der Waals surface area (Å²) in [5.41, 5.74) is 9.31. The number of anilines is 3. The smallest absolute Gasteiger partial charge is 0.228 e. The second kappa shape index (κ2) is 6.61. The molecule has 0 aromatic heterocycles. The quantitative estimate of drug-likeness (QED) is 0.527. The first-order chi connectivity index (χ1) is 9.56. The maximum atomic E-state index is 11.3. The Morgan fingerprint density at radius 3 is 2.95 bits per heavy atom. The first-order valence-corrected chi connectivity index (χ1v) is 7.10. The highest BCUT2D eigenvalue weighted by Gasteiger charge is 2.19. The number of amides is 1. The predicted octanol–water partition coefficient (Wildman–Crippen LogP) is 2.24. The van der Waals surface area contributed by atoms with E-state index < -0.39 is 0 Å². The Labute approximate surface area is 119 Å². The molecule has 1 aliphatic rings. The van der Waals surface area contributed by atoms with Gasteiger partial charge < -0.3 is 21.1 Å². The highest BCUT2D eigenvalue weighted by Crippen LogP contribution is 2.31. The lowest BCUT2D eigenvalue weighted by Crippen LogP contribution is -2.12. The lowest BCUT2D eigenvalue weighted by atomic mass is 10.1. The molecule has 4 N–H and O–H groups in total. The van der Waals surface area contributed by atoms with Crippen LogP contribution in [0.3, 0.4) is 0 Å². The van der Waals surface area contributed by atoms with Crippen molar-refractivity contribution in [2.45, 2.75) is 26.7 Å². The largest absolute Gasteiger partial charge is 0.397 e. The number of hydrogen-bond acceptors (Lipinski definition) is 4. The molecule has 2 rings (SSSR count). The lowest BCUT2D eigenvalue weighted by molar-refractivity contribution is -0.115. The normalized spacial score (nSPS) is 13.4. The number of nitrogens with one attached hydrogen (secondary N) is 2. The van der Waals surface area contributed by atoms with Crippen LogP contribution in [0.15, 0.2) is 12.1 Å². The van der Waals surface area contributed by atoms with E-state index in [2.05, 4.69) is 24.5 Å². The Kier molecular flexibility index (Phi) is 4.84. The molecule has 1 amide bonds. The van der Waals surface area contributed by atoms with Crippen molar-refractivity contribution >= 4 is 23.0 Å². The number of nitrogen functional groups attached to an aromatic ring is 1. The molecule has 0 saturated heterocycles. The van der Waals surface area contributed by atoms with Gasteiger partial charge in [0.25, 0.3) is 0 Å². The average Bonchev–Trinajstić information content (AvgIpc) is 2.72. The SMILES string of the molecule is CC(C)CCOCCNc1cc2c(cc1N)CC(=O)N2. The molecule has 0 saturated carbocycles. The summed E-state index contributed by atoms with van der Waals surface area (Å²) in [5.74, 6) is 0.687. The maximum absolute atomic E-state index is 11.3. The molecule has 0 radical (unpaired) electrons. The average molecular weight is 277 g/mol. The minimum atomic E-state index is 0.0218. The minimum Gasteiger partial charge on any atom is -0.397 e. The molecule has 1 aromatic carbocycles. The standard InChI is InChI=1S/C15H23N3O2/c1-10(2)3-5-20-6-4-17-14-9-13-11(7-12(14)16)8-15(19)18-13/h7,9-10,17H,3-6,8,16H2,1-2H3,(H,18,19). The Balaban J connectivity index is 1.79. The van der Waals surface area contributed by atoms with Crippen LogP contribution in [-0.2, 0) is 16.0 Å². The van der Waals surface area contributed by atoms with Gasteiger partial charge >= 0.3 is 0 Å². The molecule has 0 atom stereocenters. The fraction of sp³-hybridized carbons (Fsp3) is 0.533. The second-order valence-corrected chi connectivity index (χ2v) is 5.54. The van der Waals surface area contributed by atoms with Gasteiger partial charge in [0.1, 0.15) is 0 Å². The molecule has 0 fully saturated rings.